The van der Waals surface area contributed by atoms with Gasteiger partial charge in [0, 0.05) is 6.04 Å². The molecule has 0 radical (unpaired) electrons. The summed E-state index contributed by atoms with van der Waals surface area (Å²) in [6, 6.07) is 0.742. The minimum atomic E-state index is 0.742. The molecule has 0 aliphatic heterocycles. The first-order chi connectivity index (χ1) is 7.76. The highest BCUT2D eigenvalue weighted by atomic mass is 14.9. The van der Waals surface area contributed by atoms with E-state index in [-0.39, 0.29) is 0 Å². The second-order valence-corrected chi connectivity index (χ2v) is 5.22. The van der Waals surface area contributed by atoms with Crippen molar-refractivity contribution in [3.8, 4) is 0 Å². The lowest BCUT2D eigenvalue weighted by molar-refractivity contribution is 0.344. The molecule has 2 unspecified atom stereocenters. The molecule has 16 heavy (non-hydrogen) atoms. The van der Waals surface area contributed by atoms with Gasteiger partial charge >= 0.3 is 0 Å². The summed E-state index contributed by atoms with van der Waals surface area (Å²) in [5, 5.41) is 3.49. The van der Waals surface area contributed by atoms with Crippen molar-refractivity contribution < 1.29 is 0 Å². The van der Waals surface area contributed by atoms with Gasteiger partial charge < -0.3 is 5.32 Å². The quantitative estimate of drug-likeness (QED) is 0.502. The largest absolute Gasteiger partial charge is 0.317 e. The van der Waals surface area contributed by atoms with Crippen LogP contribution in [0.2, 0.25) is 0 Å². The number of rotatable bonds is 11. The molecule has 2 atom stereocenters. The zero-order valence-electron chi connectivity index (χ0n) is 12.0. The Morgan fingerprint density at radius 1 is 0.812 bits per heavy atom. The highest BCUT2D eigenvalue weighted by molar-refractivity contribution is 4.71. The average molecular weight is 227 g/mol. The summed E-state index contributed by atoms with van der Waals surface area (Å²) < 4.78 is 0. The molecule has 0 amide bonds. The van der Waals surface area contributed by atoms with Crippen LogP contribution in [-0.4, -0.2) is 13.1 Å². The Kier molecular flexibility index (Phi) is 11.4. The molecule has 1 nitrogen and oxygen atoms in total. The summed E-state index contributed by atoms with van der Waals surface area (Å²) in [5.41, 5.74) is 0. The molecular weight excluding hydrogens is 194 g/mol. The van der Waals surface area contributed by atoms with Crippen LogP contribution in [0.25, 0.3) is 0 Å². The minimum Gasteiger partial charge on any atom is -0.317 e. The normalized spacial score (nSPS) is 15.0. The van der Waals surface area contributed by atoms with Crippen LogP contribution < -0.4 is 5.32 Å². The number of hydrogen-bond acceptors (Lipinski definition) is 1. The lowest BCUT2D eigenvalue weighted by atomic mass is 9.92. The van der Waals surface area contributed by atoms with Gasteiger partial charge in [-0.05, 0) is 25.8 Å². The van der Waals surface area contributed by atoms with E-state index >= 15 is 0 Å². The Morgan fingerprint density at radius 2 is 1.44 bits per heavy atom. The first-order valence-electron chi connectivity index (χ1n) is 7.43. The minimum absolute atomic E-state index is 0.742. The maximum absolute atomic E-state index is 3.49. The van der Waals surface area contributed by atoms with Crippen molar-refractivity contribution in [2.45, 2.75) is 84.6 Å². The molecule has 0 heterocycles. The molecule has 0 bridgehead atoms. The Hall–Kier alpha value is -0.0400. The van der Waals surface area contributed by atoms with E-state index in [1.54, 1.807) is 0 Å². The second kappa shape index (κ2) is 11.4. The van der Waals surface area contributed by atoms with E-state index in [0.717, 1.165) is 12.0 Å². The Labute approximate surface area is 103 Å². The van der Waals surface area contributed by atoms with Gasteiger partial charge in [-0.1, -0.05) is 65.7 Å². The average Bonchev–Trinajstić information content (AvgIpc) is 2.28. The third-order valence-corrected chi connectivity index (χ3v) is 3.67. The molecule has 0 aromatic rings. The van der Waals surface area contributed by atoms with Gasteiger partial charge in [-0.3, -0.25) is 0 Å². The van der Waals surface area contributed by atoms with E-state index in [4.69, 9.17) is 0 Å². The van der Waals surface area contributed by atoms with Crippen LogP contribution in [0.1, 0.15) is 78.6 Å². The second-order valence-electron chi connectivity index (χ2n) is 5.22. The van der Waals surface area contributed by atoms with Crippen LogP contribution in [-0.2, 0) is 0 Å². The number of hydrogen-bond donors (Lipinski definition) is 1. The molecule has 0 aromatic carbocycles. The molecule has 0 spiro atoms. The van der Waals surface area contributed by atoms with Gasteiger partial charge in [0.2, 0.25) is 0 Å². The molecular formula is C15H33N. The third-order valence-electron chi connectivity index (χ3n) is 3.67. The number of nitrogens with one attached hydrogen (secondary N) is 1. The predicted octanol–water partition coefficient (Wildman–Crippen LogP) is 4.76. The Balaban J connectivity index is 3.47. The van der Waals surface area contributed by atoms with Crippen LogP contribution in [0.4, 0.5) is 0 Å². The van der Waals surface area contributed by atoms with Crippen LogP contribution in [0.15, 0.2) is 0 Å². The molecule has 1 N–H and O–H groups in total. The van der Waals surface area contributed by atoms with Gasteiger partial charge in [-0.15, -0.1) is 0 Å². The van der Waals surface area contributed by atoms with Crippen LogP contribution in [0.5, 0.6) is 0 Å². The van der Waals surface area contributed by atoms with E-state index in [1.807, 2.05) is 0 Å². The summed E-state index contributed by atoms with van der Waals surface area (Å²) >= 11 is 0. The van der Waals surface area contributed by atoms with Gasteiger partial charge in [-0.25, -0.2) is 0 Å². The van der Waals surface area contributed by atoms with Crippen molar-refractivity contribution >= 4 is 0 Å². The van der Waals surface area contributed by atoms with Gasteiger partial charge in [0.1, 0.15) is 0 Å². The summed E-state index contributed by atoms with van der Waals surface area (Å²) in [6.07, 6.45) is 12.5. The first kappa shape index (κ1) is 16.0. The summed E-state index contributed by atoms with van der Waals surface area (Å²) in [5.74, 6) is 0.839. The van der Waals surface area contributed by atoms with Crippen molar-refractivity contribution in [2.24, 2.45) is 5.92 Å². The monoisotopic (exact) mass is 227 g/mol. The van der Waals surface area contributed by atoms with Crippen molar-refractivity contribution in [1.29, 1.82) is 0 Å². The summed E-state index contributed by atoms with van der Waals surface area (Å²) in [6.45, 7) is 6.96. The van der Waals surface area contributed by atoms with E-state index in [0.29, 0.717) is 0 Å². The first-order valence-corrected chi connectivity index (χ1v) is 7.43. The van der Waals surface area contributed by atoms with Crippen LogP contribution >= 0.6 is 0 Å². The molecule has 98 valence electrons. The van der Waals surface area contributed by atoms with Crippen LogP contribution in [0.3, 0.4) is 0 Å². The molecule has 0 rings (SSSR count). The molecule has 0 aliphatic carbocycles. The zero-order chi connectivity index (χ0) is 12.2. The van der Waals surface area contributed by atoms with Crippen LogP contribution in [0, 0.1) is 5.92 Å². The number of unbranched alkanes of at least 4 members (excludes halogenated alkanes) is 5. The molecule has 1 heteroatoms. The van der Waals surface area contributed by atoms with Crippen molar-refractivity contribution in [3.63, 3.8) is 0 Å². The Bertz CT molecular complexity index is 133. The fraction of sp³-hybridized carbons (Fsp3) is 1.00. The maximum atomic E-state index is 3.49. The highest BCUT2D eigenvalue weighted by Gasteiger charge is 2.13. The molecule has 0 saturated heterocycles. The molecule has 0 aliphatic rings. The highest BCUT2D eigenvalue weighted by Crippen LogP contribution is 2.16. The fourth-order valence-corrected chi connectivity index (χ4v) is 2.51. The van der Waals surface area contributed by atoms with E-state index in [1.165, 1.54) is 57.8 Å². The lowest BCUT2D eigenvalue weighted by Gasteiger charge is -2.23. The standard InChI is InChI=1S/C15H33N/c1-5-7-8-9-10-11-13-15(16-4)14(3)12-6-2/h14-16H,5-13H2,1-4H3. The fourth-order valence-electron chi connectivity index (χ4n) is 2.51. The summed E-state index contributed by atoms with van der Waals surface area (Å²) in [7, 11) is 2.12. The van der Waals surface area contributed by atoms with Gasteiger partial charge in [0.05, 0.1) is 0 Å². The molecule has 0 fully saturated rings. The van der Waals surface area contributed by atoms with Gasteiger partial charge in [0.15, 0.2) is 0 Å². The van der Waals surface area contributed by atoms with E-state index < -0.39 is 0 Å². The van der Waals surface area contributed by atoms with Gasteiger partial charge in [-0.2, -0.15) is 0 Å². The van der Waals surface area contributed by atoms with Crippen molar-refractivity contribution in [1.82, 2.24) is 5.32 Å². The van der Waals surface area contributed by atoms with Gasteiger partial charge in [0.25, 0.3) is 0 Å². The van der Waals surface area contributed by atoms with Crippen molar-refractivity contribution in [3.05, 3.63) is 0 Å². The van der Waals surface area contributed by atoms with E-state index in [2.05, 4.69) is 33.1 Å². The predicted molar refractivity (Wildman–Crippen MR) is 74.9 cm³/mol. The SMILES string of the molecule is CCCCCCCCC(NC)C(C)CCC. The van der Waals surface area contributed by atoms with Crippen molar-refractivity contribution in [2.75, 3.05) is 7.05 Å². The molecule has 0 aromatic heterocycles. The lowest BCUT2D eigenvalue weighted by Crippen LogP contribution is -2.31. The Morgan fingerprint density at radius 3 is 2.00 bits per heavy atom. The zero-order valence-corrected chi connectivity index (χ0v) is 12.0. The third kappa shape index (κ3) is 8.15. The van der Waals surface area contributed by atoms with E-state index in [9.17, 15) is 0 Å². The smallest absolute Gasteiger partial charge is 0.00896 e. The molecule has 0 saturated carbocycles. The topological polar surface area (TPSA) is 12.0 Å². The summed E-state index contributed by atoms with van der Waals surface area (Å²) in [4.78, 5) is 0. The maximum Gasteiger partial charge on any atom is 0.00896 e.